The number of aromatic nitrogens is 2. The summed E-state index contributed by atoms with van der Waals surface area (Å²) in [7, 11) is 0. The molecule has 0 fully saturated rings. The molecule has 0 saturated carbocycles. The van der Waals surface area contributed by atoms with Crippen LogP contribution in [0.25, 0.3) is 0 Å². The fraction of sp³-hybridized carbons (Fsp3) is 0.500. The van der Waals surface area contributed by atoms with Gasteiger partial charge in [0.2, 0.25) is 0 Å². The second kappa shape index (κ2) is 3.83. The second-order valence-electron chi connectivity index (χ2n) is 2.82. The SMILES string of the molecule is Cc1ncc2c(n1)CNCC2.Cl. The molecule has 1 aromatic rings. The van der Waals surface area contributed by atoms with Gasteiger partial charge >= 0.3 is 0 Å². The van der Waals surface area contributed by atoms with Crippen LogP contribution in [0.5, 0.6) is 0 Å². The summed E-state index contributed by atoms with van der Waals surface area (Å²) in [5.74, 6) is 0.868. The number of nitrogens with zero attached hydrogens (tertiary/aromatic N) is 2. The minimum atomic E-state index is 0. The Bertz CT molecular complexity index is 275. The molecule has 1 aliphatic heterocycles. The van der Waals surface area contributed by atoms with Crippen LogP contribution >= 0.6 is 12.4 Å². The van der Waals surface area contributed by atoms with Crippen LogP contribution in [-0.4, -0.2) is 16.5 Å². The highest BCUT2D eigenvalue weighted by Crippen LogP contribution is 2.08. The molecule has 0 bridgehead atoms. The zero-order chi connectivity index (χ0) is 7.68. The van der Waals surface area contributed by atoms with Crippen molar-refractivity contribution in [3.63, 3.8) is 0 Å². The average Bonchev–Trinajstić information content (AvgIpc) is 2.04. The first-order chi connectivity index (χ1) is 5.36. The third-order valence-electron chi connectivity index (χ3n) is 1.94. The van der Waals surface area contributed by atoms with Crippen LogP contribution in [0.4, 0.5) is 0 Å². The molecule has 1 aromatic heterocycles. The molecule has 66 valence electrons. The Labute approximate surface area is 78.0 Å². The van der Waals surface area contributed by atoms with Gasteiger partial charge in [0.15, 0.2) is 0 Å². The van der Waals surface area contributed by atoms with Gasteiger partial charge in [0.05, 0.1) is 5.69 Å². The Morgan fingerprint density at radius 2 is 2.33 bits per heavy atom. The molecule has 2 rings (SSSR count). The Morgan fingerprint density at radius 1 is 1.50 bits per heavy atom. The molecule has 1 aliphatic rings. The number of hydrogen-bond acceptors (Lipinski definition) is 3. The lowest BCUT2D eigenvalue weighted by Crippen LogP contribution is -2.25. The summed E-state index contributed by atoms with van der Waals surface area (Å²) in [5, 5.41) is 3.28. The van der Waals surface area contributed by atoms with Gasteiger partial charge < -0.3 is 5.32 Å². The molecule has 0 radical (unpaired) electrons. The maximum Gasteiger partial charge on any atom is 0.125 e. The van der Waals surface area contributed by atoms with Crippen LogP contribution in [0.1, 0.15) is 17.1 Å². The van der Waals surface area contributed by atoms with Crippen molar-refractivity contribution in [3.8, 4) is 0 Å². The molecule has 4 heteroatoms. The molecule has 0 aliphatic carbocycles. The zero-order valence-corrected chi connectivity index (χ0v) is 7.82. The monoisotopic (exact) mass is 185 g/mol. The smallest absolute Gasteiger partial charge is 0.125 e. The lowest BCUT2D eigenvalue weighted by molar-refractivity contribution is 0.619. The van der Waals surface area contributed by atoms with Crippen molar-refractivity contribution < 1.29 is 0 Å². The van der Waals surface area contributed by atoms with Crippen molar-refractivity contribution in [2.45, 2.75) is 19.9 Å². The second-order valence-corrected chi connectivity index (χ2v) is 2.82. The Morgan fingerprint density at radius 3 is 3.17 bits per heavy atom. The van der Waals surface area contributed by atoms with Gasteiger partial charge in [-0.15, -0.1) is 12.4 Å². The zero-order valence-electron chi connectivity index (χ0n) is 7.00. The van der Waals surface area contributed by atoms with Gasteiger partial charge in [0, 0.05) is 12.7 Å². The highest BCUT2D eigenvalue weighted by molar-refractivity contribution is 5.85. The average molecular weight is 186 g/mol. The van der Waals surface area contributed by atoms with Gasteiger partial charge in [-0.2, -0.15) is 0 Å². The van der Waals surface area contributed by atoms with Gasteiger partial charge in [0.1, 0.15) is 5.82 Å². The van der Waals surface area contributed by atoms with E-state index in [0.29, 0.717) is 0 Å². The van der Waals surface area contributed by atoms with E-state index in [1.165, 1.54) is 11.3 Å². The first-order valence-electron chi connectivity index (χ1n) is 3.88. The van der Waals surface area contributed by atoms with Gasteiger partial charge in [-0.05, 0) is 25.5 Å². The highest BCUT2D eigenvalue weighted by atomic mass is 35.5. The Hall–Kier alpha value is -0.670. The van der Waals surface area contributed by atoms with E-state index in [2.05, 4.69) is 15.3 Å². The predicted octanol–water partition coefficient (Wildman–Crippen LogP) is 0.853. The molecule has 1 N–H and O–H groups in total. The molecule has 3 nitrogen and oxygen atoms in total. The van der Waals surface area contributed by atoms with E-state index < -0.39 is 0 Å². The van der Waals surface area contributed by atoms with Crippen LogP contribution in [0.3, 0.4) is 0 Å². The maximum absolute atomic E-state index is 4.34. The number of halogens is 1. The van der Waals surface area contributed by atoms with Crippen LogP contribution in [0.15, 0.2) is 6.20 Å². The molecular weight excluding hydrogens is 174 g/mol. The van der Waals surface area contributed by atoms with Gasteiger partial charge in [-0.3, -0.25) is 0 Å². The third-order valence-corrected chi connectivity index (χ3v) is 1.94. The summed E-state index contributed by atoms with van der Waals surface area (Å²) in [6.45, 7) is 3.88. The molecule has 0 atom stereocenters. The number of rotatable bonds is 0. The van der Waals surface area contributed by atoms with Gasteiger partial charge in [-0.25, -0.2) is 9.97 Å². The fourth-order valence-corrected chi connectivity index (χ4v) is 1.33. The van der Waals surface area contributed by atoms with Crippen LogP contribution in [-0.2, 0) is 13.0 Å². The fourth-order valence-electron chi connectivity index (χ4n) is 1.33. The Balaban J connectivity index is 0.000000720. The minimum absolute atomic E-state index is 0. The standard InChI is InChI=1S/C8H11N3.ClH/c1-6-10-4-7-2-3-9-5-8(7)11-6;/h4,9H,2-3,5H2,1H3;1H. The van der Waals surface area contributed by atoms with Crippen molar-refractivity contribution in [2.24, 2.45) is 0 Å². The van der Waals surface area contributed by atoms with Gasteiger partial charge in [0.25, 0.3) is 0 Å². The van der Waals surface area contributed by atoms with Crippen LogP contribution in [0.2, 0.25) is 0 Å². The summed E-state index contributed by atoms with van der Waals surface area (Å²) < 4.78 is 0. The Kier molecular flexibility index (Phi) is 3.00. The number of aryl methyl sites for hydroxylation is 1. The molecule has 0 unspecified atom stereocenters. The first kappa shape index (κ1) is 9.42. The molecule has 0 aromatic carbocycles. The van der Waals surface area contributed by atoms with Crippen molar-refractivity contribution in [1.29, 1.82) is 0 Å². The topological polar surface area (TPSA) is 37.8 Å². The number of nitrogens with one attached hydrogen (secondary N) is 1. The van der Waals surface area contributed by atoms with Crippen LogP contribution in [0, 0.1) is 6.92 Å². The van der Waals surface area contributed by atoms with Crippen LogP contribution < -0.4 is 5.32 Å². The number of hydrogen-bond donors (Lipinski definition) is 1. The van der Waals surface area contributed by atoms with E-state index in [4.69, 9.17) is 0 Å². The third kappa shape index (κ3) is 1.73. The molecule has 0 saturated heterocycles. The van der Waals surface area contributed by atoms with E-state index in [0.717, 1.165) is 25.3 Å². The molecule has 0 amide bonds. The minimum Gasteiger partial charge on any atom is -0.311 e. The summed E-state index contributed by atoms with van der Waals surface area (Å²) in [5.41, 5.74) is 2.47. The van der Waals surface area contributed by atoms with E-state index in [-0.39, 0.29) is 12.4 Å². The lowest BCUT2D eigenvalue weighted by Gasteiger charge is -2.14. The van der Waals surface area contributed by atoms with Crippen molar-refractivity contribution in [1.82, 2.24) is 15.3 Å². The van der Waals surface area contributed by atoms with Crippen molar-refractivity contribution in [2.75, 3.05) is 6.54 Å². The molecular formula is C8H12ClN3. The summed E-state index contributed by atoms with van der Waals surface area (Å²) in [6, 6.07) is 0. The first-order valence-corrected chi connectivity index (χ1v) is 3.88. The summed E-state index contributed by atoms with van der Waals surface area (Å²) in [6.07, 6.45) is 3.01. The molecule has 2 heterocycles. The molecule has 12 heavy (non-hydrogen) atoms. The van der Waals surface area contributed by atoms with Crippen molar-refractivity contribution in [3.05, 3.63) is 23.3 Å². The van der Waals surface area contributed by atoms with Gasteiger partial charge in [-0.1, -0.05) is 0 Å². The lowest BCUT2D eigenvalue weighted by atomic mass is 10.1. The van der Waals surface area contributed by atoms with E-state index in [1.54, 1.807) is 0 Å². The maximum atomic E-state index is 4.34. The van der Waals surface area contributed by atoms with E-state index in [9.17, 15) is 0 Å². The largest absolute Gasteiger partial charge is 0.311 e. The normalized spacial score (nSPS) is 14.8. The quantitative estimate of drug-likeness (QED) is 0.652. The highest BCUT2D eigenvalue weighted by Gasteiger charge is 2.09. The van der Waals surface area contributed by atoms with Crippen molar-refractivity contribution >= 4 is 12.4 Å². The predicted molar refractivity (Wildman–Crippen MR) is 49.4 cm³/mol. The van der Waals surface area contributed by atoms with E-state index in [1.807, 2.05) is 13.1 Å². The number of fused-ring (bicyclic) bond motifs is 1. The summed E-state index contributed by atoms with van der Waals surface area (Å²) >= 11 is 0. The van der Waals surface area contributed by atoms with E-state index >= 15 is 0 Å². The molecule has 0 spiro atoms. The summed E-state index contributed by atoms with van der Waals surface area (Å²) in [4.78, 5) is 8.49.